The summed E-state index contributed by atoms with van der Waals surface area (Å²) in [4.78, 5) is 14.8. The number of hydrogen-bond acceptors (Lipinski definition) is 6. The number of nitrogens with one attached hydrogen (secondary N) is 1. The highest BCUT2D eigenvalue weighted by atomic mass is 35.5. The third kappa shape index (κ3) is 4.03. The molecule has 1 aromatic carbocycles. The van der Waals surface area contributed by atoms with Gasteiger partial charge in [0, 0.05) is 41.8 Å². The fourth-order valence-electron chi connectivity index (χ4n) is 6.01. The van der Waals surface area contributed by atoms with E-state index >= 15 is 0 Å². The number of amides is 1. The average Bonchev–Trinajstić information content (AvgIpc) is 3.38. The summed E-state index contributed by atoms with van der Waals surface area (Å²) in [5.74, 6) is 0.197. The van der Waals surface area contributed by atoms with Gasteiger partial charge in [0.05, 0.1) is 29.6 Å². The second-order valence-corrected chi connectivity index (χ2v) is 10.6. The van der Waals surface area contributed by atoms with Crippen LogP contribution in [0.4, 0.5) is 18.9 Å². The van der Waals surface area contributed by atoms with Crippen molar-refractivity contribution in [2.24, 2.45) is 0 Å². The van der Waals surface area contributed by atoms with Crippen molar-refractivity contribution < 1.29 is 32.5 Å². The number of aliphatic hydroxyl groups is 1. The van der Waals surface area contributed by atoms with E-state index in [1.54, 1.807) is 24.4 Å². The first-order valence-electron chi connectivity index (χ1n) is 11.5. The molecule has 0 radical (unpaired) electrons. The van der Waals surface area contributed by atoms with E-state index in [0.717, 1.165) is 5.69 Å². The number of carbonyl (C=O) groups is 1. The Hall–Kier alpha value is -2.50. The van der Waals surface area contributed by atoms with Crippen LogP contribution in [0.5, 0.6) is 5.75 Å². The Morgan fingerprint density at radius 1 is 1.31 bits per heavy atom. The molecule has 0 spiro atoms. The third-order valence-electron chi connectivity index (χ3n) is 7.59. The first-order valence-corrected chi connectivity index (χ1v) is 11.9. The fourth-order valence-corrected chi connectivity index (χ4v) is 6.19. The average molecular weight is 513 g/mol. The van der Waals surface area contributed by atoms with Crippen LogP contribution in [-0.4, -0.2) is 58.0 Å². The number of hydrogen-bond donors (Lipinski definition) is 2. The normalized spacial score (nSPS) is 33.4. The molecular formula is C23H24ClF3N4O4. The molecule has 35 heavy (non-hydrogen) atoms. The summed E-state index contributed by atoms with van der Waals surface area (Å²) in [7, 11) is 0. The molecule has 5 aliphatic rings. The molecule has 1 saturated heterocycles. The van der Waals surface area contributed by atoms with Gasteiger partial charge in [0.15, 0.2) is 6.10 Å². The number of fused-ring (bicyclic) bond motifs is 1. The van der Waals surface area contributed by atoms with Crippen LogP contribution in [0, 0.1) is 0 Å². The molecule has 3 aliphatic carbocycles. The van der Waals surface area contributed by atoms with Gasteiger partial charge in [-0.05, 0) is 43.9 Å². The van der Waals surface area contributed by atoms with Gasteiger partial charge in [0.2, 0.25) is 0 Å². The summed E-state index contributed by atoms with van der Waals surface area (Å²) in [6.45, 7) is 0.642. The smallest absolute Gasteiger partial charge is 0.480 e. The first-order chi connectivity index (χ1) is 16.5. The van der Waals surface area contributed by atoms with Crippen LogP contribution < -0.4 is 15.0 Å². The van der Waals surface area contributed by atoms with Crippen molar-refractivity contribution >= 4 is 23.2 Å². The Bertz CT molecular complexity index is 1150. The van der Waals surface area contributed by atoms with E-state index in [9.17, 15) is 23.1 Å². The van der Waals surface area contributed by atoms with E-state index < -0.39 is 24.7 Å². The lowest BCUT2D eigenvalue weighted by Gasteiger charge is -2.70. The second kappa shape index (κ2) is 7.75. The zero-order valence-electron chi connectivity index (χ0n) is 18.6. The molecule has 4 fully saturated rings. The number of aromatic nitrogens is 2. The fraction of sp³-hybridized carbons (Fsp3) is 0.565. The van der Waals surface area contributed by atoms with Gasteiger partial charge in [-0.15, -0.1) is 13.2 Å². The molecule has 188 valence electrons. The topological polar surface area (TPSA) is 88.9 Å². The van der Waals surface area contributed by atoms with Crippen molar-refractivity contribution in [2.45, 2.75) is 67.9 Å². The van der Waals surface area contributed by atoms with Gasteiger partial charge < -0.3 is 20.1 Å². The van der Waals surface area contributed by atoms with E-state index in [1.807, 2.05) is 15.8 Å². The predicted molar refractivity (Wildman–Crippen MR) is 118 cm³/mol. The van der Waals surface area contributed by atoms with Crippen LogP contribution in [0.3, 0.4) is 0 Å². The standard InChI is InChI=1S/C23H24ClF3N4O4/c24-13-1-2-18-16(5-13)17(32)6-19(34-18)20(33)29-21-10-22(11-21,12-21)31-8-14(7-28-31)30-4-3-15(9-30)35-23(25,26)27/h1-2,5,7-8,15,17,19,32H,3-4,6,9-12H2,(H,29,33)/t15?,17-,19+,21?,22?/m1/s1. The van der Waals surface area contributed by atoms with Crippen LogP contribution in [-0.2, 0) is 15.1 Å². The SMILES string of the molecule is O=C(NC12CC(n3cc(N4CCC(OC(F)(F)F)C4)cn3)(C1)C2)[C@@H]1C[C@@H](O)c2cc(Cl)ccc2O1. The van der Waals surface area contributed by atoms with Gasteiger partial charge >= 0.3 is 6.36 Å². The summed E-state index contributed by atoms with van der Waals surface area (Å²) in [6.07, 6.45) is -0.992. The lowest BCUT2D eigenvalue weighted by Crippen LogP contribution is -2.79. The van der Waals surface area contributed by atoms with E-state index in [1.165, 1.54) is 0 Å². The van der Waals surface area contributed by atoms with Crippen molar-refractivity contribution in [3.63, 3.8) is 0 Å². The molecule has 1 unspecified atom stereocenters. The zero-order valence-corrected chi connectivity index (χ0v) is 19.3. The largest absolute Gasteiger partial charge is 0.522 e. The minimum Gasteiger partial charge on any atom is -0.480 e. The molecule has 12 heteroatoms. The Labute approximate surface area is 203 Å². The quantitative estimate of drug-likeness (QED) is 0.639. The molecule has 2 aromatic rings. The van der Waals surface area contributed by atoms with Crippen LogP contribution in [0.1, 0.15) is 43.8 Å². The molecule has 3 heterocycles. The molecule has 3 saturated carbocycles. The predicted octanol–water partition coefficient (Wildman–Crippen LogP) is 3.28. The van der Waals surface area contributed by atoms with Gasteiger partial charge in [-0.3, -0.25) is 14.2 Å². The summed E-state index contributed by atoms with van der Waals surface area (Å²) in [6, 6.07) is 4.95. The van der Waals surface area contributed by atoms with E-state index in [4.69, 9.17) is 16.3 Å². The first kappa shape index (κ1) is 22.9. The Morgan fingerprint density at radius 2 is 2.09 bits per heavy atom. The Balaban J connectivity index is 1.04. The number of halogens is 4. The Morgan fingerprint density at radius 3 is 2.83 bits per heavy atom. The van der Waals surface area contributed by atoms with Crippen LogP contribution >= 0.6 is 11.6 Å². The maximum Gasteiger partial charge on any atom is 0.522 e. The number of ether oxygens (including phenoxy) is 2. The van der Waals surface area contributed by atoms with Crippen LogP contribution in [0.15, 0.2) is 30.6 Å². The molecule has 7 rings (SSSR count). The Kier molecular flexibility index (Phi) is 5.08. The van der Waals surface area contributed by atoms with Crippen LogP contribution in [0.2, 0.25) is 5.02 Å². The highest BCUT2D eigenvalue weighted by molar-refractivity contribution is 6.30. The number of benzene rings is 1. The molecule has 2 bridgehead atoms. The highest BCUT2D eigenvalue weighted by Crippen LogP contribution is 2.65. The minimum absolute atomic E-state index is 0.151. The molecule has 1 amide bonds. The van der Waals surface area contributed by atoms with E-state index in [-0.39, 0.29) is 30.0 Å². The van der Waals surface area contributed by atoms with Crippen molar-refractivity contribution in [3.05, 3.63) is 41.2 Å². The monoisotopic (exact) mass is 512 g/mol. The van der Waals surface area contributed by atoms with E-state index in [0.29, 0.717) is 48.6 Å². The molecule has 1 aromatic heterocycles. The number of alkyl halides is 3. The lowest BCUT2D eigenvalue weighted by molar-refractivity contribution is -0.339. The molecule has 2 aliphatic heterocycles. The number of anilines is 1. The van der Waals surface area contributed by atoms with Gasteiger partial charge in [-0.2, -0.15) is 5.10 Å². The zero-order chi connectivity index (χ0) is 24.6. The van der Waals surface area contributed by atoms with Gasteiger partial charge in [-0.1, -0.05) is 11.6 Å². The van der Waals surface area contributed by atoms with Crippen LogP contribution in [0.25, 0.3) is 0 Å². The summed E-state index contributed by atoms with van der Waals surface area (Å²) >= 11 is 5.99. The second-order valence-electron chi connectivity index (χ2n) is 10.1. The lowest BCUT2D eigenvalue weighted by atomic mass is 9.44. The number of nitrogens with zero attached hydrogens (tertiary/aromatic N) is 3. The van der Waals surface area contributed by atoms with Crippen molar-refractivity contribution in [1.82, 2.24) is 15.1 Å². The molecule has 2 N–H and O–H groups in total. The maximum atomic E-state index is 12.9. The summed E-state index contributed by atoms with van der Waals surface area (Å²) in [5, 5.41) is 18.5. The maximum absolute atomic E-state index is 12.9. The van der Waals surface area contributed by atoms with Crippen molar-refractivity contribution in [3.8, 4) is 5.75 Å². The highest BCUT2D eigenvalue weighted by Gasteiger charge is 2.70. The molecular weight excluding hydrogens is 489 g/mol. The third-order valence-corrected chi connectivity index (χ3v) is 7.82. The van der Waals surface area contributed by atoms with Gasteiger partial charge in [-0.25, -0.2) is 0 Å². The number of rotatable bonds is 5. The van der Waals surface area contributed by atoms with Gasteiger partial charge in [0.1, 0.15) is 5.75 Å². The number of aliphatic hydroxyl groups excluding tert-OH is 1. The minimum atomic E-state index is -4.63. The van der Waals surface area contributed by atoms with E-state index in [2.05, 4.69) is 15.2 Å². The molecule has 3 atom stereocenters. The number of carbonyl (C=O) groups excluding carboxylic acids is 1. The summed E-state index contributed by atoms with van der Waals surface area (Å²) < 4.78 is 49.3. The molecule has 8 nitrogen and oxygen atoms in total. The van der Waals surface area contributed by atoms with Crippen molar-refractivity contribution in [1.29, 1.82) is 0 Å². The van der Waals surface area contributed by atoms with Gasteiger partial charge in [0.25, 0.3) is 5.91 Å². The van der Waals surface area contributed by atoms with Crippen molar-refractivity contribution in [2.75, 3.05) is 18.0 Å². The summed E-state index contributed by atoms with van der Waals surface area (Å²) in [5.41, 5.74) is 0.833.